The van der Waals surface area contributed by atoms with Crippen molar-refractivity contribution in [2.45, 2.75) is 262 Å². The molecular weight excluding hydrogens is 1470 g/mol. The van der Waals surface area contributed by atoms with E-state index in [4.69, 9.17) is 4.98 Å². The largest absolute Gasteiger partial charge is 0.310 e. The van der Waals surface area contributed by atoms with Gasteiger partial charge in [0.2, 0.25) is 0 Å². The Labute approximate surface area is 732 Å². The van der Waals surface area contributed by atoms with Gasteiger partial charge in [0.15, 0.2) is 0 Å². The van der Waals surface area contributed by atoms with Crippen molar-refractivity contribution in [2.24, 2.45) is 0 Å². The molecule has 0 radical (unpaired) electrons. The monoisotopic (exact) mass is 1600 g/mol. The maximum Gasteiger partial charge on any atom is 0.252 e. The third-order valence-corrected chi connectivity index (χ3v) is 26.1. The first kappa shape index (κ1) is 84.8. The SMILES string of the molecule is CC(C)(C)c1cc(-c2ccc3c(c2)N(c2c(-c4ccccc4)cc(C(C)(C)C)cc2-c2ccccc2)c2cc(-c4cc(C(C)(C)C)cc(C(C)(C)C)c4)cc4c2B3c2ccc(-n3c5ccc(C(C)(C)C)cc5c5cc(C(C)(C)C)ccc53)cc2N4c2c(-c3ccccc3)cc(C(C)(C)C)cc2-c2ccc(C(C)(C)C)nc2C(C)(C)C)cc(C(C)(C)C)c1. The van der Waals surface area contributed by atoms with E-state index >= 15 is 0 Å². The van der Waals surface area contributed by atoms with E-state index in [0.717, 1.165) is 90.1 Å². The summed E-state index contributed by atoms with van der Waals surface area (Å²) in [6.07, 6.45) is 0. The summed E-state index contributed by atoms with van der Waals surface area (Å²) in [5, 5.41) is 2.51. The fourth-order valence-electron chi connectivity index (χ4n) is 18.5. The Morgan fingerprint density at radius 1 is 0.230 bits per heavy atom. The van der Waals surface area contributed by atoms with E-state index in [0.29, 0.717) is 0 Å². The molecule has 0 bridgehead atoms. The van der Waals surface area contributed by atoms with Crippen LogP contribution in [-0.4, -0.2) is 16.3 Å². The quantitative estimate of drug-likeness (QED) is 0.135. The first-order valence-electron chi connectivity index (χ1n) is 44.8. The maximum absolute atomic E-state index is 5.96. The van der Waals surface area contributed by atoms with Gasteiger partial charge in [0.25, 0.3) is 6.71 Å². The molecular formula is C117H131BN4. The van der Waals surface area contributed by atoms with Crippen molar-refractivity contribution in [3.05, 3.63) is 305 Å². The van der Waals surface area contributed by atoms with Crippen molar-refractivity contribution in [3.8, 4) is 72.4 Å². The van der Waals surface area contributed by atoms with Gasteiger partial charge in [-0.15, -0.1) is 0 Å². The molecule has 2 aliphatic rings. The molecule has 12 aromatic carbocycles. The molecule has 0 aliphatic carbocycles. The first-order valence-corrected chi connectivity index (χ1v) is 44.8. The maximum atomic E-state index is 5.96. The third-order valence-electron chi connectivity index (χ3n) is 26.1. The van der Waals surface area contributed by atoms with Crippen molar-refractivity contribution >= 4 is 79.0 Å². The van der Waals surface area contributed by atoms with Gasteiger partial charge < -0.3 is 14.4 Å². The number of hydrogen-bond donors (Lipinski definition) is 0. The van der Waals surface area contributed by atoms with Crippen molar-refractivity contribution in [3.63, 3.8) is 0 Å². The van der Waals surface area contributed by atoms with Crippen LogP contribution in [0.5, 0.6) is 0 Å². The molecule has 0 atom stereocenters. The Bertz CT molecular complexity index is 6250. The molecule has 2 aliphatic heterocycles. The van der Waals surface area contributed by atoms with Gasteiger partial charge in [0.05, 0.1) is 28.1 Å². The highest BCUT2D eigenvalue weighted by atomic mass is 15.2. The molecule has 2 aromatic heterocycles. The number of rotatable bonds is 9. The molecule has 0 unspecified atom stereocenters. The van der Waals surface area contributed by atoms with Gasteiger partial charge >= 0.3 is 0 Å². The number of anilines is 6. The van der Waals surface area contributed by atoms with E-state index in [-0.39, 0.29) is 55.4 Å². The molecule has 14 aromatic rings. The van der Waals surface area contributed by atoms with Gasteiger partial charge in [0.1, 0.15) is 0 Å². The Kier molecular flexibility index (Phi) is 20.5. The zero-order chi connectivity index (χ0) is 87.8. The predicted molar refractivity (Wildman–Crippen MR) is 532 cm³/mol. The lowest BCUT2D eigenvalue weighted by molar-refractivity contribution is 0.532. The third kappa shape index (κ3) is 15.6. The van der Waals surface area contributed by atoms with Gasteiger partial charge in [-0.3, -0.25) is 4.98 Å². The molecule has 0 amide bonds. The van der Waals surface area contributed by atoms with Crippen molar-refractivity contribution < 1.29 is 0 Å². The number of hydrogen-bond acceptors (Lipinski definition) is 3. The average molecular weight is 1600 g/mol. The number of pyridine rings is 1. The van der Waals surface area contributed by atoms with E-state index in [9.17, 15) is 0 Å². The molecule has 122 heavy (non-hydrogen) atoms. The van der Waals surface area contributed by atoms with Crippen LogP contribution in [0.25, 0.3) is 94.3 Å². The summed E-state index contributed by atoms with van der Waals surface area (Å²) in [5.41, 5.74) is 38.4. The molecule has 0 N–H and O–H groups in total. The lowest BCUT2D eigenvalue weighted by Gasteiger charge is -2.46. The summed E-state index contributed by atoms with van der Waals surface area (Å²) in [6, 6.07) is 99.2. The second-order valence-corrected chi connectivity index (χ2v) is 46.0. The minimum Gasteiger partial charge on any atom is -0.310 e. The number of benzene rings is 12. The highest BCUT2D eigenvalue weighted by Crippen LogP contribution is 2.57. The van der Waals surface area contributed by atoms with Gasteiger partial charge in [-0.25, -0.2) is 0 Å². The molecule has 4 heterocycles. The fraction of sp³-hybridized carbons (Fsp3) is 0.342. The highest BCUT2D eigenvalue weighted by Gasteiger charge is 2.47. The molecule has 0 spiro atoms. The summed E-state index contributed by atoms with van der Waals surface area (Å²) in [7, 11) is 0. The lowest BCUT2D eigenvalue weighted by atomic mass is 9.33. The number of nitrogens with zero attached hydrogens (tertiary/aromatic N) is 4. The van der Waals surface area contributed by atoms with E-state index < -0.39 is 5.41 Å². The van der Waals surface area contributed by atoms with Crippen molar-refractivity contribution in [1.82, 2.24) is 9.55 Å². The van der Waals surface area contributed by atoms with Gasteiger partial charge in [-0.2, -0.15) is 0 Å². The number of aromatic nitrogens is 2. The topological polar surface area (TPSA) is 24.3 Å². The highest BCUT2D eigenvalue weighted by molar-refractivity contribution is 7.00. The van der Waals surface area contributed by atoms with Gasteiger partial charge in [-0.1, -0.05) is 372 Å². The normalized spacial score (nSPS) is 13.8. The van der Waals surface area contributed by atoms with Gasteiger partial charge in [-0.05, 0) is 228 Å². The van der Waals surface area contributed by atoms with E-state index in [1.807, 2.05) is 0 Å². The standard InChI is InChI=1S/C117H131BN4/c1-108(2,3)79-47-53-97-92(65-79)93-66-80(109(4,5)6)48-54-98(93)120(97)87-49-52-96-100(71-87)122(106-91(74-44-38-33-39-45-74)69-86(115(22,23)24)70-94(106)88-50-55-103(116(25,26)27)119-107(88)117(28,29)30)102-62-78(77-58-83(112(13,14)15)64-84(59-77)113(16,17)18)61-101-104(102)118(96)95-51-46-75(76-56-81(110(7,8)9)63-82(57-76)111(10,11)12)60-99(95)121(101)105-89(72-40-34-31-35-41-72)67-85(114(19,20)21)68-90(105)73-42-36-32-37-43-73/h31-71H,1-30H3. The molecule has 0 saturated carbocycles. The van der Waals surface area contributed by atoms with Crippen LogP contribution in [0.2, 0.25) is 0 Å². The van der Waals surface area contributed by atoms with Crippen LogP contribution in [0, 0.1) is 0 Å². The smallest absolute Gasteiger partial charge is 0.252 e. The van der Waals surface area contributed by atoms with E-state index in [2.05, 4.69) is 471 Å². The molecule has 4 nitrogen and oxygen atoms in total. The van der Waals surface area contributed by atoms with Crippen LogP contribution in [0.15, 0.2) is 249 Å². The van der Waals surface area contributed by atoms with Crippen LogP contribution in [0.3, 0.4) is 0 Å². The predicted octanol–water partition coefficient (Wildman–Crippen LogP) is 31.2. The van der Waals surface area contributed by atoms with E-state index in [1.165, 1.54) is 111 Å². The number of fused-ring (bicyclic) bond motifs is 7. The molecule has 16 rings (SSSR count). The summed E-state index contributed by atoms with van der Waals surface area (Å²) >= 11 is 0. The van der Waals surface area contributed by atoms with Crippen LogP contribution in [0.4, 0.5) is 34.1 Å². The Hall–Kier alpha value is -10.7. The van der Waals surface area contributed by atoms with E-state index in [1.54, 1.807) is 0 Å². The fourth-order valence-corrected chi connectivity index (χ4v) is 18.5. The Morgan fingerprint density at radius 3 is 0.943 bits per heavy atom. The zero-order valence-electron chi connectivity index (χ0n) is 79.0. The summed E-state index contributed by atoms with van der Waals surface area (Å²) in [6.45, 7) is 70.6. The summed E-state index contributed by atoms with van der Waals surface area (Å²) < 4.78 is 2.60. The lowest BCUT2D eigenvalue weighted by Crippen LogP contribution is -2.61. The average Bonchev–Trinajstić information content (AvgIpc) is 0.700. The molecule has 5 heteroatoms. The molecule has 0 saturated heterocycles. The van der Waals surface area contributed by atoms with Gasteiger partial charge in [0, 0.05) is 83.6 Å². The summed E-state index contributed by atoms with van der Waals surface area (Å²) in [5.74, 6) is 0. The second kappa shape index (κ2) is 29.5. The van der Waals surface area contributed by atoms with Crippen LogP contribution >= 0.6 is 0 Å². The second-order valence-electron chi connectivity index (χ2n) is 46.0. The van der Waals surface area contributed by atoms with Crippen molar-refractivity contribution in [2.75, 3.05) is 9.80 Å². The zero-order valence-corrected chi connectivity index (χ0v) is 79.0. The van der Waals surface area contributed by atoms with Crippen LogP contribution in [0.1, 0.15) is 264 Å². The molecule has 0 fully saturated rings. The van der Waals surface area contributed by atoms with Crippen LogP contribution < -0.4 is 26.2 Å². The Morgan fingerprint density at radius 2 is 0.566 bits per heavy atom. The molecule has 622 valence electrons. The Balaban J connectivity index is 1.17. The minimum absolute atomic E-state index is 0.0865. The first-order chi connectivity index (χ1) is 56.8. The van der Waals surface area contributed by atoms with Crippen LogP contribution in [-0.2, 0) is 54.1 Å². The van der Waals surface area contributed by atoms with Crippen molar-refractivity contribution in [1.29, 1.82) is 0 Å². The minimum atomic E-state index is -0.393. The summed E-state index contributed by atoms with van der Waals surface area (Å²) in [4.78, 5) is 11.5.